The Morgan fingerprint density at radius 3 is 2.67 bits per heavy atom. The first-order valence-corrected chi connectivity index (χ1v) is 6.07. The Kier molecular flexibility index (Phi) is 3.29. The summed E-state index contributed by atoms with van der Waals surface area (Å²) in [5.41, 5.74) is 0. The first-order chi connectivity index (χ1) is 7.16. The van der Waals surface area contributed by atoms with Crippen LogP contribution in [-0.4, -0.2) is 36.1 Å². The number of hydrogen-bond donors (Lipinski definition) is 1. The molecule has 2 unspecified atom stereocenters. The fourth-order valence-corrected chi connectivity index (χ4v) is 3.00. The van der Waals surface area contributed by atoms with Gasteiger partial charge in [-0.3, -0.25) is 4.79 Å². The Morgan fingerprint density at radius 2 is 2.13 bits per heavy atom. The minimum atomic E-state index is -0.611. The van der Waals surface area contributed by atoms with Gasteiger partial charge in [0.05, 0.1) is 0 Å². The number of hydrogen-bond acceptors (Lipinski definition) is 2. The predicted octanol–water partition coefficient (Wildman–Crippen LogP) is 1.83. The van der Waals surface area contributed by atoms with Gasteiger partial charge in [-0.05, 0) is 57.0 Å². The molecule has 0 bridgehead atoms. The second-order valence-corrected chi connectivity index (χ2v) is 5.26. The molecule has 2 aliphatic rings. The van der Waals surface area contributed by atoms with Crippen molar-refractivity contribution < 1.29 is 9.90 Å². The molecule has 0 amide bonds. The van der Waals surface area contributed by atoms with E-state index in [2.05, 4.69) is 11.9 Å². The molecule has 1 saturated carbocycles. The number of carbonyl (C=O) groups is 1. The summed E-state index contributed by atoms with van der Waals surface area (Å²) < 4.78 is 0. The van der Waals surface area contributed by atoms with Crippen molar-refractivity contribution in [1.29, 1.82) is 0 Å². The van der Waals surface area contributed by atoms with Crippen molar-refractivity contribution >= 4 is 5.97 Å². The van der Waals surface area contributed by atoms with Gasteiger partial charge in [-0.2, -0.15) is 0 Å². The summed E-state index contributed by atoms with van der Waals surface area (Å²) in [4.78, 5) is 13.2. The van der Waals surface area contributed by atoms with Gasteiger partial charge in [-0.15, -0.1) is 0 Å². The van der Waals surface area contributed by atoms with Crippen LogP contribution >= 0.6 is 0 Å². The Balaban J connectivity index is 1.93. The summed E-state index contributed by atoms with van der Waals surface area (Å²) in [6, 6.07) is 0. The van der Waals surface area contributed by atoms with Crippen molar-refractivity contribution in [1.82, 2.24) is 4.90 Å². The third-order valence-electron chi connectivity index (χ3n) is 3.90. The molecule has 2 rings (SSSR count). The van der Waals surface area contributed by atoms with Crippen molar-refractivity contribution in [2.75, 3.05) is 20.1 Å². The quantitative estimate of drug-likeness (QED) is 0.771. The van der Waals surface area contributed by atoms with Crippen molar-refractivity contribution in [3.05, 3.63) is 0 Å². The van der Waals surface area contributed by atoms with Crippen molar-refractivity contribution in [2.24, 2.45) is 17.8 Å². The smallest absolute Gasteiger partial charge is 0.303 e. The molecule has 2 fully saturated rings. The van der Waals surface area contributed by atoms with Crippen molar-refractivity contribution in [3.63, 3.8) is 0 Å². The van der Waals surface area contributed by atoms with Gasteiger partial charge in [-0.25, -0.2) is 0 Å². The number of carboxylic acid groups (broad SMARTS) is 1. The Bertz CT molecular complexity index is 238. The summed E-state index contributed by atoms with van der Waals surface area (Å²) in [5.74, 6) is 1.19. The van der Waals surface area contributed by atoms with E-state index >= 15 is 0 Å². The van der Waals surface area contributed by atoms with E-state index in [9.17, 15) is 4.79 Å². The highest BCUT2D eigenvalue weighted by Crippen LogP contribution is 2.44. The van der Waals surface area contributed by atoms with Gasteiger partial charge >= 0.3 is 5.97 Å². The topological polar surface area (TPSA) is 40.5 Å². The summed E-state index contributed by atoms with van der Waals surface area (Å²) in [6.45, 7) is 2.29. The Morgan fingerprint density at radius 1 is 1.40 bits per heavy atom. The van der Waals surface area contributed by atoms with Crippen molar-refractivity contribution in [2.45, 2.75) is 32.1 Å². The molecule has 2 atom stereocenters. The molecule has 1 N–H and O–H groups in total. The van der Waals surface area contributed by atoms with E-state index in [0.29, 0.717) is 18.3 Å². The predicted molar refractivity (Wildman–Crippen MR) is 58.7 cm³/mol. The fourth-order valence-electron chi connectivity index (χ4n) is 3.00. The van der Waals surface area contributed by atoms with E-state index in [1.165, 1.54) is 32.2 Å². The molecule has 0 radical (unpaired) electrons. The van der Waals surface area contributed by atoms with Gasteiger partial charge in [0.2, 0.25) is 0 Å². The SMILES string of the molecule is CN1CCCC(C(CC(=O)O)C2CC2)C1. The minimum Gasteiger partial charge on any atom is -0.481 e. The van der Waals surface area contributed by atoms with Crippen LogP contribution < -0.4 is 0 Å². The molecule has 0 aromatic heterocycles. The van der Waals surface area contributed by atoms with Gasteiger partial charge < -0.3 is 10.0 Å². The molecule has 3 nitrogen and oxygen atoms in total. The van der Waals surface area contributed by atoms with Gasteiger partial charge in [0.1, 0.15) is 0 Å². The first kappa shape index (κ1) is 10.9. The molecule has 1 heterocycles. The van der Waals surface area contributed by atoms with Crippen molar-refractivity contribution in [3.8, 4) is 0 Å². The fraction of sp³-hybridized carbons (Fsp3) is 0.917. The first-order valence-electron chi connectivity index (χ1n) is 6.07. The summed E-state index contributed by atoms with van der Waals surface area (Å²) in [6.07, 6.45) is 5.39. The Labute approximate surface area is 91.5 Å². The largest absolute Gasteiger partial charge is 0.481 e. The van der Waals surface area contributed by atoms with Gasteiger partial charge in [0.25, 0.3) is 0 Å². The molecule has 86 valence electrons. The van der Waals surface area contributed by atoms with Crippen LogP contribution in [0.3, 0.4) is 0 Å². The van der Waals surface area contributed by atoms with Crippen LogP contribution in [0.15, 0.2) is 0 Å². The molecule has 3 heteroatoms. The lowest BCUT2D eigenvalue weighted by molar-refractivity contribution is -0.139. The lowest BCUT2D eigenvalue weighted by atomic mass is 9.80. The lowest BCUT2D eigenvalue weighted by Gasteiger charge is -2.34. The van der Waals surface area contributed by atoms with Gasteiger partial charge in [0.15, 0.2) is 0 Å². The maximum absolute atomic E-state index is 10.9. The number of nitrogens with zero attached hydrogens (tertiary/aromatic N) is 1. The number of likely N-dealkylation sites (tertiary alicyclic amines) is 1. The zero-order valence-corrected chi connectivity index (χ0v) is 9.48. The van der Waals surface area contributed by atoms with Gasteiger partial charge in [0, 0.05) is 13.0 Å². The summed E-state index contributed by atoms with van der Waals surface area (Å²) >= 11 is 0. The highest BCUT2D eigenvalue weighted by atomic mass is 16.4. The van der Waals surface area contributed by atoms with E-state index in [-0.39, 0.29) is 0 Å². The molecule has 1 aliphatic heterocycles. The molecular formula is C12H21NO2. The van der Waals surface area contributed by atoms with Gasteiger partial charge in [-0.1, -0.05) is 0 Å². The van der Waals surface area contributed by atoms with Crippen LogP contribution in [0.2, 0.25) is 0 Å². The number of carboxylic acids is 1. The summed E-state index contributed by atoms with van der Waals surface area (Å²) in [7, 11) is 2.15. The zero-order chi connectivity index (χ0) is 10.8. The normalized spacial score (nSPS) is 30.1. The second kappa shape index (κ2) is 4.52. The molecule has 0 aromatic rings. The van der Waals surface area contributed by atoms with E-state index in [1.54, 1.807) is 0 Å². The van der Waals surface area contributed by atoms with E-state index in [4.69, 9.17) is 5.11 Å². The third-order valence-corrected chi connectivity index (χ3v) is 3.90. The summed E-state index contributed by atoms with van der Waals surface area (Å²) in [5, 5.41) is 8.94. The maximum atomic E-state index is 10.9. The number of rotatable bonds is 4. The van der Waals surface area contributed by atoms with E-state index in [0.717, 1.165) is 12.5 Å². The van der Waals surface area contributed by atoms with Crippen LogP contribution in [-0.2, 0) is 4.79 Å². The van der Waals surface area contributed by atoms with Crippen LogP contribution in [0.4, 0.5) is 0 Å². The molecule has 0 spiro atoms. The van der Waals surface area contributed by atoms with E-state index in [1.807, 2.05) is 0 Å². The van der Waals surface area contributed by atoms with Crippen LogP contribution in [0.5, 0.6) is 0 Å². The molecule has 15 heavy (non-hydrogen) atoms. The zero-order valence-electron chi connectivity index (χ0n) is 9.48. The average Bonchev–Trinajstić information content (AvgIpc) is 2.97. The van der Waals surface area contributed by atoms with Crippen LogP contribution in [0.1, 0.15) is 32.1 Å². The number of aliphatic carboxylic acids is 1. The van der Waals surface area contributed by atoms with E-state index < -0.39 is 5.97 Å². The van der Waals surface area contributed by atoms with Crippen LogP contribution in [0, 0.1) is 17.8 Å². The third kappa shape index (κ3) is 2.94. The minimum absolute atomic E-state index is 0.392. The Hall–Kier alpha value is -0.570. The standard InChI is InChI=1S/C12H21NO2/c1-13-6-2-3-10(8-13)11(7-12(14)15)9-4-5-9/h9-11H,2-8H2,1H3,(H,14,15). The second-order valence-electron chi connectivity index (χ2n) is 5.26. The maximum Gasteiger partial charge on any atom is 0.303 e. The molecule has 1 saturated heterocycles. The number of piperidine rings is 1. The van der Waals surface area contributed by atoms with Crippen LogP contribution in [0.25, 0.3) is 0 Å². The molecule has 1 aliphatic carbocycles. The highest BCUT2D eigenvalue weighted by molar-refractivity contribution is 5.67. The average molecular weight is 211 g/mol. The monoisotopic (exact) mass is 211 g/mol. The highest BCUT2D eigenvalue weighted by Gasteiger charge is 2.38. The molecular weight excluding hydrogens is 190 g/mol. The lowest BCUT2D eigenvalue weighted by Crippen LogP contribution is -2.37. The molecule has 0 aromatic carbocycles.